The van der Waals surface area contributed by atoms with Gasteiger partial charge in [-0.15, -0.1) is 0 Å². The van der Waals surface area contributed by atoms with Gasteiger partial charge in [0.05, 0.1) is 16.5 Å². The number of nitrogens with one attached hydrogen (secondary N) is 1. The summed E-state index contributed by atoms with van der Waals surface area (Å²) in [5.74, 6) is 0.686. The second-order valence-electron chi connectivity index (χ2n) is 7.35. The molecule has 0 saturated carbocycles. The molecule has 0 aliphatic carbocycles. The zero-order valence-electron chi connectivity index (χ0n) is 16.6. The van der Waals surface area contributed by atoms with Gasteiger partial charge in [-0.25, -0.2) is 8.42 Å². The Morgan fingerprint density at radius 3 is 2.37 bits per heavy atom. The molecule has 30 heavy (non-hydrogen) atoms. The van der Waals surface area contributed by atoms with Crippen molar-refractivity contribution in [3.05, 3.63) is 53.5 Å². The predicted molar refractivity (Wildman–Crippen MR) is 103 cm³/mol. The molecule has 164 valence electrons. The quantitative estimate of drug-likeness (QED) is 0.759. The third-order valence-electron chi connectivity index (χ3n) is 5.18. The van der Waals surface area contributed by atoms with Crippen LogP contribution in [0.5, 0.6) is 0 Å². The van der Waals surface area contributed by atoms with Crippen LogP contribution in [-0.4, -0.2) is 31.7 Å². The van der Waals surface area contributed by atoms with E-state index in [1.807, 2.05) is 0 Å². The van der Waals surface area contributed by atoms with Crippen LogP contribution in [0.3, 0.4) is 0 Å². The number of hydrogen-bond donors (Lipinski definition) is 1. The van der Waals surface area contributed by atoms with Crippen LogP contribution >= 0.6 is 0 Å². The first-order valence-electron chi connectivity index (χ1n) is 9.53. The molecule has 0 bridgehead atoms. The number of benzene rings is 1. The molecular weight excluding hydrogens is 421 g/mol. The molecule has 1 unspecified atom stereocenters. The molecular formula is C20H23F3N2O4S. The lowest BCUT2D eigenvalue weighted by atomic mass is 9.97. The van der Waals surface area contributed by atoms with Crippen LogP contribution in [0.2, 0.25) is 0 Å². The van der Waals surface area contributed by atoms with Crippen molar-refractivity contribution in [3.63, 3.8) is 0 Å². The number of hydrogen-bond acceptors (Lipinski definition) is 4. The summed E-state index contributed by atoms with van der Waals surface area (Å²) in [6.45, 7) is 3.52. The molecule has 10 heteroatoms. The van der Waals surface area contributed by atoms with Gasteiger partial charge in [0.2, 0.25) is 15.9 Å². The van der Waals surface area contributed by atoms with E-state index in [2.05, 4.69) is 5.32 Å². The highest BCUT2D eigenvalue weighted by Crippen LogP contribution is 2.36. The van der Waals surface area contributed by atoms with Crippen molar-refractivity contribution in [2.45, 2.75) is 43.8 Å². The number of carbonyl (C=O) groups is 1. The normalized spacial score (nSPS) is 17.6. The molecule has 1 atom stereocenters. The highest BCUT2D eigenvalue weighted by molar-refractivity contribution is 7.89. The number of piperidine rings is 1. The lowest BCUT2D eigenvalue weighted by molar-refractivity contribution is -0.139. The van der Waals surface area contributed by atoms with E-state index in [0.717, 1.165) is 28.3 Å². The molecule has 3 rings (SSSR count). The highest BCUT2D eigenvalue weighted by Gasteiger charge is 2.40. The molecule has 1 N–H and O–H groups in total. The van der Waals surface area contributed by atoms with Crippen LogP contribution in [-0.2, 0) is 21.0 Å². The Morgan fingerprint density at radius 1 is 1.17 bits per heavy atom. The Labute approximate surface area is 173 Å². The number of halogens is 3. The lowest BCUT2D eigenvalue weighted by Gasteiger charge is -2.31. The van der Waals surface area contributed by atoms with Crippen molar-refractivity contribution in [1.82, 2.24) is 9.62 Å². The minimum Gasteiger partial charge on any atom is -0.464 e. The molecule has 1 amide bonds. The molecule has 0 spiro atoms. The average Bonchev–Trinajstić information content (AvgIpc) is 3.14. The fourth-order valence-electron chi connectivity index (χ4n) is 3.51. The summed E-state index contributed by atoms with van der Waals surface area (Å²) in [6, 6.07) is 7.36. The number of rotatable bonds is 5. The summed E-state index contributed by atoms with van der Waals surface area (Å²) in [7, 11) is -4.32. The molecule has 1 aliphatic rings. The maximum Gasteiger partial charge on any atom is 0.417 e. The topological polar surface area (TPSA) is 79.6 Å². The van der Waals surface area contributed by atoms with Gasteiger partial charge in [-0.2, -0.15) is 17.5 Å². The van der Waals surface area contributed by atoms with E-state index in [9.17, 15) is 26.4 Å². The zero-order chi connectivity index (χ0) is 22.1. The van der Waals surface area contributed by atoms with Crippen molar-refractivity contribution in [2.24, 2.45) is 5.92 Å². The molecule has 1 aromatic carbocycles. The van der Waals surface area contributed by atoms with Gasteiger partial charge in [-0.1, -0.05) is 12.1 Å². The average molecular weight is 444 g/mol. The van der Waals surface area contributed by atoms with Gasteiger partial charge in [-0.05, 0) is 51.0 Å². The maximum absolute atomic E-state index is 13.2. The number of amides is 1. The zero-order valence-corrected chi connectivity index (χ0v) is 17.4. The molecule has 0 radical (unpaired) electrons. The van der Waals surface area contributed by atoms with Crippen LogP contribution in [0, 0.1) is 12.8 Å². The van der Waals surface area contributed by atoms with Crippen LogP contribution < -0.4 is 5.32 Å². The van der Waals surface area contributed by atoms with E-state index in [1.54, 1.807) is 26.0 Å². The standard InChI is InChI=1S/C20H23F3N2O4S/c1-13-7-8-17(29-13)14(2)24-19(26)15-9-11-25(12-10-15)30(27,28)18-6-4-3-5-16(18)20(21,22)23/h3-8,14-15H,9-12H2,1-2H3,(H,24,26). The summed E-state index contributed by atoms with van der Waals surface area (Å²) in [5.41, 5.74) is -1.19. The van der Waals surface area contributed by atoms with Gasteiger partial charge < -0.3 is 9.73 Å². The number of carbonyl (C=O) groups excluding carboxylic acids is 1. The van der Waals surface area contributed by atoms with Crippen LogP contribution in [0.1, 0.15) is 42.9 Å². The molecule has 1 fully saturated rings. The van der Waals surface area contributed by atoms with Crippen molar-refractivity contribution in [2.75, 3.05) is 13.1 Å². The summed E-state index contributed by atoms with van der Waals surface area (Å²) in [4.78, 5) is 11.8. The van der Waals surface area contributed by atoms with E-state index in [-0.39, 0.29) is 37.9 Å². The van der Waals surface area contributed by atoms with Crippen molar-refractivity contribution in [3.8, 4) is 0 Å². The Morgan fingerprint density at radius 2 is 1.80 bits per heavy atom. The van der Waals surface area contributed by atoms with E-state index in [0.29, 0.717) is 5.76 Å². The SMILES string of the molecule is Cc1ccc(C(C)NC(=O)C2CCN(S(=O)(=O)c3ccccc3C(F)(F)F)CC2)o1. The predicted octanol–water partition coefficient (Wildman–Crippen LogP) is 3.88. The minimum absolute atomic E-state index is 0.0269. The summed E-state index contributed by atoms with van der Waals surface area (Å²) in [5, 5.41) is 2.84. The van der Waals surface area contributed by atoms with Crippen molar-refractivity contribution >= 4 is 15.9 Å². The van der Waals surface area contributed by atoms with Gasteiger partial charge >= 0.3 is 6.18 Å². The van der Waals surface area contributed by atoms with Crippen LogP contribution in [0.4, 0.5) is 13.2 Å². The largest absolute Gasteiger partial charge is 0.464 e. The monoisotopic (exact) mass is 444 g/mol. The minimum atomic E-state index is -4.78. The molecule has 1 saturated heterocycles. The molecule has 2 heterocycles. The lowest BCUT2D eigenvalue weighted by Crippen LogP contribution is -2.43. The molecule has 6 nitrogen and oxygen atoms in total. The van der Waals surface area contributed by atoms with E-state index < -0.39 is 32.6 Å². The van der Waals surface area contributed by atoms with E-state index in [1.165, 1.54) is 6.07 Å². The number of sulfonamides is 1. The molecule has 2 aromatic rings. The van der Waals surface area contributed by atoms with Crippen molar-refractivity contribution in [1.29, 1.82) is 0 Å². The smallest absolute Gasteiger partial charge is 0.417 e. The summed E-state index contributed by atoms with van der Waals surface area (Å²) in [6.07, 6.45) is -4.32. The third kappa shape index (κ3) is 4.70. The van der Waals surface area contributed by atoms with Gasteiger partial charge in [-0.3, -0.25) is 4.79 Å². The van der Waals surface area contributed by atoms with Crippen molar-refractivity contribution < 1.29 is 30.8 Å². The fraction of sp³-hybridized carbons (Fsp3) is 0.450. The summed E-state index contributed by atoms with van der Waals surface area (Å²) >= 11 is 0. The first kappa shape index (κ1) is 22.4. The molecule has 1 aliphatic heterocycles. The Kier molecular flexibility index (Phi) is 6.28. The van der Waals surface area contributed by atoms with Gasteiger partial charge in [0, 0.05) is 19.0 Å². The van der Waals surface area contributed by atoms with Gasteiger partial charge in [0.1, 0.15) is 11.5 Å². The number of aryl methyl sites for hydroxylation is 1. The van der Waals surface area contributed by atoms with Crippen LogP contribution in [0.25, 0.3) is 0 Å². The van der Waals surface area contributed by atoms with Gasteiger partial charge in [0.15, 0.2) is 0 Å². The summed E-state index contributed by atoms with van der Waals surface area (Å²) < 4.78 is 71.8. The van der Waals surface area contributed by atoms with E-state index >= 15 is 0 Å². The van der Waals surface area contributed by atoms with Crippen LogP contribution in [0.15, 0.2) is 45.7 Å². The third-order valence-corrected chi connectivity index (χ3v) is 7.14. The second-order valence-corrected chi connectivity index (χ2v) is 9.26. The maximum atomic E-state index is 13.2. The van der Waals surface area contributed by atoms with Gasteiger partial charge in [0.25, 0.3) is 0 Å². The first-order chi connectivity index (χ1) is 14.0. The Balaban J connectivity index is 1.66. The number of furan rings is 1. The Hall–Kier alpha value is -2.33. The highest BCUT2D eigenvalue weighted by atomic mass is 32.2. The fourth-order valence-corrected chi connectivity index (χ4v) is 5.19. The Bertz CT molecular complexity index is 1010. The number of alkyl halides is 3. The first-order valence-corrected chi connectivity index (χ1v) is 11.0. The van der Waals surface area contributed by atoms with E-state index in [4.69, 9.17) is 4.42 Å². The number of nitrogens with zero attached hydrogens (tertiary/aromatic N) is 1. The molecule has 1 aromatic heterocycles. The second kappa shape index (κ2) is 8.43.